The highest BCUT2D eigenvalue weighted by Crippen LogP contribution is 2.48. The van der Waals surface area contributed by atoms with Gasteiger partial charge in [0.25, 0.3) is 0 Å². The van der Waals surface area contributed by atoms with E-state index < -0.39 is 5.41 Å². The fraction of sp³-hybridized carbons (Fsp3) is 0.300. The van der Waals surface area contributed by atoms with Gasteiger partial charge in [-0.1, -0.05) is 24.3 Å². The molecular formula is C20H22N2O3. The molecule has 1 aliphatic carbocycles. The largest absolute Gasteiger partial charge is 0.495 e. The Hall–Kier alpha value is -2.82. The van der Waals surface area contributed by atoms with E-state index in [0.717, 1.165) is 16.8 Å². The summed E-state index contributed by atoms with van der Waals surface area (Å²) in [5, 5.41) is 5.75. The molecule has 0 saturated heterocycles. The van der Waals surface area contributed by atoms with Gasteiger partial charge in [0.05, 0.1) is 12.8 Å². The van der Waals surface area contributed by atoms with Gasteiger partial charge in [0.1, 0.15) is 11.2 Å². The summed E-state index contributed by atoms with van der Waals surface area (Å²) in [6.45, 7) is 3.95. The van der Waals surface area contributed by atoms with Crippen LogP contribution in [0.4, 0.5) is 11.4 Å². The number of ether oxygens (including phenoxy) is 1. The summed E-state index contributed by atoms with van der Waals surface area (Å²) in [4.78, 5) is 25.5. The predicted molar refractivity (Wildman–Crippen MR) is 97.8 cm³/mol. The quantitative estimate of drug-likeness (QED) is 0.818. The highest BCUT2D eigenvalue weighted by molar-refractivity contribution is 6.17. The van der Waals surface area contributed by atoms with E-state index in [2.05, 4.69) is 10.6 Å². The summed E-state index contributed by atoms with van der Waals surface area (Å²) in [6, 6.07) is 12.9. The Kier molecular flexibility index (Phi) is 4.49. The van der Waals surface area contributed by atoms with Crippen molar-refractivity contribution in [1.82, 2.24) is 0 Å². The molecule has 130 valence electrons. The van der Waals surface area contributed by atoms with Gasteiger partial charge in [0, 0.05) is 5.69 Å². The number of hydrogen-bond donors (Lipinski definition) is 2. The SMILES string of the molecule is COc1ccccc1NC(=O)C1(C(=O)Nc2cccc(C)c2C)CC1. The first-order chi connectivity index (χ1) is 12.0. The van der Waals surface area contributed by atoms with E-state index in [1.807, 2.05) is 44.2 Å². The zero-order chi connectivity index (χ0) is 18.0. The van der Waals surface area contributed by atoms with Crippen molar-refractivity contribution in [1.29, 1.82) is 0 Å². The van der Waals surface area contributed by atoms with Crippen LogP contribution in [0.1, 0.15) is 24.0 Å². The van der Waals surface area contributed by atoms with Crippen molar-refractivity contribution in [2.45, 2.75) is 26.7 Å². The minimum atomic E-state index is -1.00. The number of carbonyl (C=O) groups excluding carboxylic acids is 2. The lowest BCUT2D eigenvalue weighted by Gasteiger charge is -2.18. The van der Waals surface area contributed by atoms with Gasteiger partial charge in [-0.05, 0) is 56.0 Å². The molecule has 0 unspecified atom stereocenters. The van der Waals surface area contributed by atoms with Crippen LogP contribution in [-0.2, 0) is 9.59 Å². The molecule has 25 heavy (non-hydrogen) atoms. The maximum Gasteiger partial charge on any atom is 0.240 e. The third-order valence-electron chi connectivity index (χ3n) is 4.83. The first kappa shape index (κ1) is 17.0. The van der Waals surface area contributed by atoms with Crippen LogP contribution in [0.2, 0.25) is 0 Å². The average Bonchev–Trinajstić information content (AvgIpc) is 3.41. The lowest BCUT2D eigenvalue weighted by Crippen LogP contribution is -2.35. The van der Waals surface area contributed by atoms with Gasteiger partial charge in [-0.25, -0.2) is 0 Å². The third-order valence-corrected chi connectivity index (χ3v) is 4.83. The smallest absolute Gasteiger partial charge is 0.240 e. The van der Waals surface area contributed by atoms with Gasteiger partial charge in [-0.2, -0.15) is 0 Å². The normalized spacial score (nSPS) is 14.5. The van der Waals surface area contributed by atoms with E-state index in [1.54, 1.807) is 19.2 Å². The fourth-order valence-corrected chi connectivity index (χ4v) is 2.80. The summed E-state index contributed by atoms with van der Waals surface area (Å²) in [6.07, 6.45) is 1.09. The van der Waals surface area contributed by atoms with Crippen LogP contribution >= 0.6 is 0 Å². The highest BCUT2D eigenvalue weighted by atomic mass is 16.5. The minimum Gasteiger partial charge on any atom is -0.495 e. The predicted octanol–water partition coefficient (Wildman–Crippen LogP) is 3.67. The molecule has 0 radical (unpaired) electrons. The second-order valence-electron chi connectivity index (χ2n) is 6.44. The van der Waals surface area contributed by atoms with Crippen molar-refractivity contribution in [2.75, 3.05) is 17.7 Å². The van der Waals surface area contributed by atoms with Crippen molar-refractivity contribution >= 4 is 23.2 Å². The van der Waals surface area contributed by atoms with E-state index in [0.29, 0.717) is 24.3 Å². The molecule has 1 fully saturated rings. The van der Waals surface area contributed by atoms with E-state index in [-0.39, 0.29) is 11.8 Å². The van der Waals surface area contributed by atoms with Gasteiger partial charge in [0.2, 0.25) is 11.8 Å². The van der Waals surface area contributed by atoms with Crippen LogP contribution in [0.15, 0.2) is 42.5 Å². The fourth-order valence-electron chi connectivity index (χ4n) is 2.80. The maximum atomic E-state index is 12.7. The van der Waals surface area contributed by atoms with Crippen molar-refractivity contribution in [2.24, 2.45) is 5.41 Å². The summed E-state index contributed by atoms with van der Waals surface area (Å²) < 4.78 is 5.25. The monoisotopic (exact) mass is 338 g/mol. The van der Waals surface area contributed by atoms with Crippen molar-refractivity contribution in [3.05, 3.63) is 53.6 Å². The molecule has 0 spiro atoms. The van der Waals surface area contributed by atoms with Crippen LogP contribution in [0.3, 0.4) is 0 Å². The summed E-state index contributed by atoms with van der Waals surface area (Å²) in [5.74, 6) is 0.0231. The minimum absolute atomic E-state index is 0.256. The Morgan fingerprint density at radius 2 is 1.52 bits per heavy atom. The van der Waals surface area contributed by atoms with Crippen molar-refractivity contribution in [3.63, 3.8) is 0 Å². The van der Waals surface area contributed by atoms with Crippen molar-refractivity contribution in [3.8, 4) is 5.75 Å². The molecule has 1 aliphatic rings. The molecule has 2 aromatic carbocycles. The number of rotatable bonds is 5. The maximum absolute atomic E-state index is 12.7. The number of hydrogen-bond acceptors (Lipinski definition) is 3. The molecule has 0 aliphatic heterocycles. The molecule has 5 heteroatoms. The second-order valence-corrected chi connectivity index (χ2v) is 6.44. The van der Waals surface area contributed by atoms with Gasteiger partial charge < -0.3 is 15.4 Å². The number of carbonyl (C=O) groups is 2. The molecule has 0 atom stereocenters. The topological polar surface area (TPSA) is 67.4 Å². The molecule has 1 saturated carbocycles. The summed E-state index contributed by atoms with van der Waals surface area (Å²) in [7, 11) is 1.55. The average molecular weight is 338 g/mol. The molecule has 0 bridgehead atoms. The van der Waals surface area contributed by atoms with E-state index in [9.17, 15) is 9.59 Å². The van der Waals surface area contributed by atoms with Crippen LogP contribution in [0, 0.1) is 19.3 Å². The molecule has 2 N–H and O–H groups in total. The molecule has 3 rings (SSSR count). The van der Waals surface area contributed by atoms with Crippen LogP contribution < -0.4 is 15.4 Å². The number of amides is 2. The first-order valence-corrected chi connectivity index (χ1v) is 8.30. The van der Waals surface area contributed by atoms with Crippen LogP contribution in [0.5, 0.6) is 5.75 Å². The molecule has 5 nitrogen and oxygen atoms in total. The Morgan fingerprint density at radius 1 is 0.920 bits per heavy atom. The van der Waals surface area contributed by atoms with E-state index >= 15 is 0 Å². The number of para-hydroxylation sites is 2. The van der Waals surface area contributed by atoms with E-state index in [1.165, 1.54) is 0 Å². The molecule has 0 heterocycles. The van der Waals surface area contributed by atoms with Gasteiger partial charge >= 0.3 is 0 Å². The third kappa shape index (κ3) is 3.22. The van der Waals surface area contributed by atoms with Crippen LogP contribution in [0.25, 0.3) is 0 Å². The summed E-state index contributed by atoms with van der Waals surface area (Å²) >= 11 is 0. The number of aryl methyl sites for hydroxylation is 1. The highest BCUT2D eigenvalue weighted by Gasteiger charge is 2.56. The molecule has 2 amide bonds. The Balaban J connectivity index is 1.76. The number of benzene rings is 2. The zero-order valence-corrected chi connectivity index (χ0v) is 14.7. The number of methoxy groups -OCH3 is 1. The lowest BCUT2D eigenvalue weighted by atomic mass is 10.0. The Bertz CT molecular complexity index is 825. The van der Waals surface area contributed by atoms with Crippen molar-refractivity contribution < 1.29 is 14.3 Å². The van der Waals surface area contributed by atoms with Crippen LogP contribution in [-0.4, -0.2) is 18.9 Å². The molecule has 2 aromatic rings. The zero-order valence-electron chi connectivity index (χ0n) is 14.7. The number of anilines is 2. The molecule has 0 aromatic heterocycles. The second kappa shape index (κ2) is 6.59. The van der Waals surface area contributed by atoms with Gasteiger partial charge in [0.15, 0.2) is 0 Å². The van der Waals surface area contributed by atoms with Gasteiger partial charge in [-0.15, -0.1) is 0 Å². The summed E-state index contributed by atoms with van der Waals surface area (Å²) in [5.41, 5.74) is 2.43. The Morgan fingerprint density at radius 3 is 2.16 bits per heavy atom. The van der Waals surface area contributed by atoms with E-state index in [4.69, 9.17) is 4.74 Å². The lowest BCUT2D eigenvalue weighted by molar-refractivity contribution is -0.131. The van der Waals surface area contributed by atoms with Gasteiger partial charge in [-0.3, -0.25) is 9.59 Å². The standard InChI is InChI=1S/C20H22N2O3/c1-13-7-6-9-15(14(13)2)21-18(23)20(11-12-20)19(24)22-16-8-4-5-10-17(16)25-3/h4-10H,11-12H2,1-3H3,(H,21,23)(H,22,24). The number of nitrogens with one attached hydrogen (secondary N) is 2. The molecular weight excluding hydrogens is 316 g/mol. The Labute approximate surface area is 147 Å². The first-order valence-electron chi connectivity index (χ1n) is 8.30.